The fourth-order valence-corrected chi connectivity index (χ4v) is 4.20. The van der Waals surface area contributed by atoms with Gasteiger partial charge < -0.3 is 24.5 Å². The second-order valence-electron chi connectivity index (χ2n) is 8.58. The summed E-state index contributed by atoms with van der Waals surface area (Å²) < 4.78 is 40.9. The number of rotatable bonds is 13. The van der Waals surface area contributed by atoms with E-state index in [4.69, 9.17) is 14.2 Å². The van der Waals surface area contributed by atoms with E-state index in [1.54, 1.807) is 25.4 Å². The number of methoxy groups -OCH3 is 1. The summed E-state index contributed by atoms with van der Waals surface area (Å²) in [4.78, 5) is 27.8. The molecule has 0 radical (unpaired) electrons. The number of nitrogens with zero attached hydrogens (tertiary/aromatic N) is 1. The van der Waals surface area contributed by atoms with Crippen LogP contribution in [0.4, 0.5) is 8.78 Å². The van der Waals surface area contributed by atoms with Crippen LogP contribution in [0, 0.1) is 0 Å². The van der Waals surface area contributed by atoms with Gasteiger partial charge in [-0.2, -0.15) is 5.10 Å². The van der Waals surface area contributed by atoms with Gasteiger partial charge in [0.15, 0.2) is 5.69 Å². The van der Waals surface area contributed by atoms with Crippen molar-refractivity contribution < 1.29 is 27.8 Å². The third-order valence-corrected chi connectivity index (χ3v) is 6.09. The van der Waals surface area contributed by atoms with Gasteiger partial charge in [-0.3, -0.25) is 14.7 Å². The summed E-state index contributed by atoms with van der Waals surface area (Å²) in [5.74, 6) is -0.239. The minimum Gasteiger partial charge on any atom is -0.462 e. The van der Waals surface area contributed by atoms with Crippen LogP contribution in [0.3, 0.4) is 0 Å². The maximum absolute atomic E-state index is 13.2. The number of hydrogen-bond acceptors (Lipinski definition) is 6. The fraction of sp³-hybridized carbons (Fsp3) is 0.250. The number of carbonyl (C=O) groups is 1. The Labute approximate surface area is 223 Å². The molecule has 9 nitrogen and oxygen atoms in total. The van der Waals surface area contributed by atoms with Crippen molar-refractivity contribution in [3.8, 4) is 11.5 Å². The molecule has 0 atom stereocenters. The molecule has 4 aromatic rings. The van der Waals surface area contributed by atoms with Gasteiger partial charge >= 0.3 is 0 Å². The summed E-state index contributed by atoms with van der Waals surface area (Å²) in [7, 11) is 1.54. The molecule has 0 aliphatic heterocycles. The molecular formula is C28H28F2N4O5. The molecular weight excluding hydrogens is 510 g/mol. The van der Waals surface area contributed by atoms with Gasteiger partial charge in [-0.25, -0.2) is 8.78 Å². The summed E-state index contributed by atoms with van der Waals surface area (Å²) in [6.45, 7) is -2.08. The predicted octanol–water partition coefficient (Wildman–Crippen LogP) is 3.97. The first-order valence-electron chi connectivity index (χ1n) is 12.1. The maximum atomic E-state index is 13.2. The van der Waals surface area contributed by atoms with Crippen LogP contribution in [0.2, 0.25) is 0 Å². The molecule has 39 heavy (non-hydrogen) atoms. The van der Waals surface area contributed by atoms with Crippen LogP contribution in [-0.4, -0.2) is 41.9 Å². The maximum Gasteiger partial charge on any atom is 0.272 e. The summed E-state index contributed by atoms with van der Waals surface area (Å²) >= 11 is 0. The topological polar surface area (TPSA) is 118 Å². The van der Waals surface area contributed by atoms with Crippen LogP contribution in [0.25, 0.3) is 0 Å². The van der Waals surface area contributed by atoms with Gasteiger partial charge in [0.25, 0.3) is 11.5 Å². The highest BCUT2D eigenvalue weighted by Gasteiger charge is 2.21. The zero-order chi connectivity index (χ0) is 27.6. The van der Waals surface area contributed by atoms with E-state index in [1.807, 2.05) is 24.3 Å². The van der Waals surface area contributed by atoms with Crippen molar-refractivity contribution in [1.29, 1.82) is 0 Å². The molecule has 0 fully saturated rings. The molecule has 1 amide bonds. The average molecular weight is 539 g/mol. The number of hydrogen-bond donors (Lipinski definition) is 3. The molecule has 0 saturated heterocycles. The lowest BCUT2D eigenvalue weighted by Gasteiger charge is -2.14. The zero-order valence-corrected chi connectivity index (χ0v) is 21.3. The molecule has 3 N–H and O–H groups in total. The molecule has 2 heterocycles. The highest BCUT2D eigenvalue weighted by Crippen LogP contribution is 2.29. The Morgan fingerprint density at radius 1 is 0.923 bits per heavy atom. The minimum atomic E-state index is -1.09. The summed E-state index contributed by atoms with van der Waals surface area (Å²) in [6, 6.07) is 15.8. The van der Waals surface area contributed by atoms with Gasteiger partial charge in [0.05, 0.1) is 24.4 Å². The lowest BCUT2D eigenvalue weighted by Crippen LogP contribution is -2.25. The second kappa shape index (κ2) is 13.3. The highest BCUT2D eigenvalue weighted by molar-refractivity contribution is 5.94. The van der Waals surface area contributed by atoms with E-state index < -0.39 is 19.6 Å². The van der Waals surface area contributed by atoms with Crippen molar-refractivity contribution in [2.24, 2.45) is 0 Å². The van der Waals surface area contributed by atoms with Crippen molar-refractivity contribution >= 4 is 5.91 Å². The molecule has 0 bridgehead atoms. The van der Waals surface area contributed by atoms with Crippen molar-refractivity contribution in [2.45, 2.75) is 26.0 Å². The summed E-state index contributed by atoms with van der Waals surface area (Å²) in [5.41, 5.74) is 4.19. The number of carbonyl (C=O) groups excluding carboxylic acids is 1. The van der Waals surface area contributed by atoms with Gasteiger partial charge in [0.1, 0.15) is 11.5 Å². The second-order valence-corrected chi connectivity index (χ2v) is 8.58. The van der Waals surface area contributed by atoms with E-state index >= 15 is 0 Å². The first-order chi connectivity index (χ1) is 19.0. The quantitative estimate of drug-likeness (QED) is 0.237. The molecule has 2 aromatic heterocycles. The molecule has 2 aromatic carbocycles. The van der Waals surface area contributed by atoms with Crippen molar-refractivity contribution in [3.63, 3.8) is 0 Å². The van der Waals surface area contributed by atoms with E-state index in [9.17, 15) is 18.4 Å². The minimum absolute atomic E-state index is 0.108. The third kappa shape index (κ3) is 6.88. The number of amides is 1. The number of nitrogens with one attached hydrogen (secondary N) is 3. The van der Waals surface area contributed by atoms with Crippen molar-refractivity contribution in [2.75, 3.05) is 20.8 Å². The van der Waals surface area contributed by atoms with Crippen LogP contribution in [-0.2, 0) is 30.7 Å². The Hall–Kier alpha value is -4.51. The largest absolute Gasteiger partial charge is 0.462 e. The fourth-order valence-electron chi connectivity index (χ4n) is 4.20. The van der Waals surface area contributed by atoms with Crippen molar-refractivity contribution in [3.05, 3.63) is 110 Å². The number of alkyl halides is 2. The Morgan fingerprint density at radius 2 is 1.59 bits per heavy atom. The highest BCUT2D eigenvalue weighted by atomic mass is 19.1. The van der Waals surface area contributed by atoms with Crippen LogP contribution in [0.15, 0.2) is 65.6 Å². The van der Waals surface area contributed by atoms with E-state index in [1.165, 1.54) is 18.2 Å². The van der Waals surface area contributed by atoms with E-state index in [0.717, 1.165) is 11.1 Å². The standard InChI is InChI=1S/C28H28F2N4O5/c1-37-15-23-21(13-19-9-7-18(8-10-19)12-20-4-3-11-31-27(20)35)26(34-33-23)28(36)32-14-22-24(38-16-29)5-2-6-25(22)39-17-30/h2-11H,12-17H2,1H3,(H,31,35)(H,32,36)(H,33,34). The number of halogens is 2. The smallest absolute Gasteiger partial charge is 0.272 e. The molecule has 0 unspecified atom stereocenters. The van der Waals surface area contributed by atoms with E-state index in [0.29, 0.717) is 35.2 Å². The Bertz CT molecular complexity index is 1430. The normalized spacial score (nSPS) is 10.8. The molecule has 4 rings (SSSR count). The van der Waals surface area contributed by atoms with Gasteiger partial charge in [0, 0.05) is 37.3 Å². The predicted molar refractivity (Wildman–Crippen MR) is 139 cm³/mol. The lowest BCUT2D eigenvalue weighted by atomic mass is 9.99. The SMILES string of the molecule is COCc1[nH]nc(C(=O)NCc2c(OCF)cccc2OCF)c1Cc1ccc(Cc2ccc[nH]c2=O)cc1. The van der Waals surface area contributed by atoms with Gasteiger partial charge in [0.2, 0.25) is 13.7 Å². The number of pyridine rings is 1. The molecule has 11 heteroatoms. The van der Waals surface area contributed by atoms with Crippen LogP contribution in [0.5, 0.6) is 11.5 Å². The Balaban J connectivity index is 1.52. The van der Waals surface area contributed by atoms with Crippen molar-refractivity contribution in [1.82, 2.24) is 20.5 Å². The number of benzene rings is 2. The summed E-state index contributed by atoms with van der Waals surface area (Å²) in [6.07, 6.45) is 2.48. The lowest BCUT2D eigenvalue weighted by molar-refractivity contribution is 0.0944. The van der Waals surface area contributed by atoms with Crippen LogP contribution >= 0.6 is 0 Å². The van der Waals surface area contributed by atoms with Gasteiger partial charge in [-0.05, 0) is 29.3 Å². The first-order valence-corrected chi connectivity index (χ1v) is 12.1. The van der Waals surface area contributed by atoms with Gasteiger partial charge in [-0.15, -0.1) is 0 Å². The zero-order valence-electron chi connectivity index (χ0n) is 21.3. The molecule has 204 valence electrons. The van der Waals surface area contributed by atoms with Crippen LogP contribution < -0.4 is 20.3 Å². The molecule has 0 saturated carbocycles. The summed E-state index contributed by atoms with van der Waals surface area (Å²) in [5, 5.41) is 9.81. The number of H-pyrrole nitrogens is 2. The number of aromatic amines is 2. The average Bonchev–Trinajstić information content (AvgIpc) is 3.33. The van der Waals surface area contributed by atoms with Gasteiger partial charge in [-0.1, -0.05) is 36.4 Å². The number of aromatic nitrogens is 3. The Morgan fingerprint density at radius 3 is 2.21 bits per heavy atom. The third-order valence-electron chi connectivity index (χ3n) is 6.09. The molecule has 0 spiro atoms. The van der Waals surface area contributed by atoms with E-state index in [-0.39, 0.29) is 35.9 Å². The van der Waals surface area contributed by atoms with Crippen LogP contribution in [0.1, 0.15) is 44.0 Å². The monoisotopic (exact) mass is 538 g/mol. The molecule has 0 aliphatic carbocycles. The first kappa shape index (κ1) is 27.5. The number of ether oxygens (including phenoxy) is 3. The Kier molecular flexibility index (Phi) is 9.41. The van der Waals surface area contributed by atoms with E-state index in [2.05, 4.69) is 20.5 Å². The molecule has 0 aliphatic rings.